The first-order valence-corrected chi connectivity index (χ1v) is 3.90. The first-order chi connectivity index (χ1) is 3.50. The van der Waals surface area contributed by atoms with Crippen molar-refractivity contribution in [3.05, 3.63) is 0 Å². The number of aliphatic carboxylic acids is 1. The average molecular weight is 246 g/mol. The molecule has 0 aliphatic rings. The molecule has 0 fully saturated rings. The molecule has 0 saturated carbocycles. The third-order valence-corrected chi connectivity index (χ3v) is 3.19. The largest absolute Gasteiger partial charge is 0.480 e. The summed E-state index contributed by atoms with van der Waals surface area (Å²) < 4.78 is -0.812. The van der Waals surface area contributed by atoms with E-state index in [1.165, 1.54) is 0 Å². The van der Waals surface area contributed by atoms with E-state index in [0.717, 1.165) is 0 Å². The lowest BCUT2D eigenvalue weighted by Gasteiger charge is -2.10. The predicted molar refractivity (Wildman–Crippen MR) is 38.8 cm³/mol. The number of rotatable bonds is 2. The molecule has 0 aromatic heterocycles. The van der Waals surface area contributed by atoms with E-state index >= 15 is 0 Å². The van der Waals surface area contributed by atoms with Crippen LogP contribution in [0.2, 0.25) is 0 Å². The molecule has 8 heavy (non-hydrogen) atoms. The Balaban J connectivity index is 3.91. The van der Waals surface area contributed by atoms with Crippen molar-refractivity contribution in [2.24, 2.45) is 0 Å². The summed E-state index contributed by atoms with van der Waals surface area (Å²) in [5, 5.41) is 8.78. The zero-order chi connectivity index (χ0) is 6.78. The monoisotopic (exact) mass is 244 g/mol. The van der Waals surface area contributed by atoms with Gasteiger partial charge in [-0.15, -0.1) is 0 Å². The van der Waals surface area contributed by atoms with Gasteiger partial charge in [0.05, 0.1) is 0 Å². The SMILES string of the molecule is C[C@@](Br)(CBr)C(=O)O. The van der Waals surface area contributed by atoms with Gasteiger partial charge in [0.1, 0.15) is 4.32 Å². The van der Waals surface area contributed by atoms with Gasteiger partial charge in [-0.25, -0.2) is 0 Å². The fraction of sp³-hybridized carbons (Fsp3) is 0.750. The van der Waals surface area contributed by atoms with Crippen molar-refractivity contribution in [3.63, 3.8) is 0 Å². The van der Waals surface area contributed by atoms with E-state index in [0.29, 0.717) is 5.33 Å². The summed E-state index contributed by atoms with van der Waals surface area (Å²) >= 11 is 6.04. The van der Waals surface area contributed by atoms with Gasteiger partial charge in [-0.05, 0) is 6.92 Å². The van der Waals surface area contributed by atoms with Crippen LogP contribution in [0.3, 0.4) is 0 Å². The van der Waals surface area contributed by atoms with E-state index in [9.17, 15) is 4.79 Å². The van der Waals surface area contributed by atoms with E-state index in [-0.39, 0.29) is 0 Å². The number of halogens is 2. The lowest BCUT2D eigenvalue weighted by atomic mass is 10.2. The maximum absolute atomic E-state index is 10.2. The highest BCUT2D eigenvalue weighted by molar-refractivity contribution is 9.12. The van der Waals surface area contributed by atoms with Crippen LogP contribution in [0.5, 0.6) is 0 Å². The van der Waals surface area contributed by atoms with Gasteiger partial charge >= 0.3 is 5.97 Å². The Labute approximate surface area is 64.5 Å². The molecule has 0 unspecified atom stereocenters. The van der Waals surface area contributed by atoms with Crippen molar-refractivity contribution < 1.29 is 9.90 Å². The molecule has 0 amide bonds. The maximum atomic E-state index is 10.2. The molecule has 48 valence electrons. The van der Waals surface area contributed by atoms with E-state index < -0.39 is 10.3 Å². The van der Waals surface area contributed by atoms with Gasteiger partial charge in [-0.1, -0.05) is 31.9 Å². The van der Waals surface area contributed by atoms with Crippen molar-refractivity contribution in [1.29, 1.82) is 0 Å². The van der Waals surface area contributed by atoms with Gasteiger partial charge in [-0.3, -0.25) is 4.79 Å². The van der Waals surface area contributed by atoms with E-state index in [2.05, 4.69) is 31.9 Å². The molecule has 0 saturated heterocycles. The predicted octanol–water partition coefficient (Wildman–Crippen LogP) is 1.62. The summed E-state index contributed by atoms with van der Waals surface area (Å²) in [6, 6.07) is 0. The van der Waals surface area contributed by atoms with E-state index in [4.69, 9.17) is 5.11 Å². The van der Waals surface area contributed by atoms with Gasteiger partial charge < -0.3 is 5.11 Å². The van der Waals surface area contributed by atoms with Crippen LogP contribution in [0.4, 0.5) is 0 Å². The smallest absolute Gasteiger partial charge is 0.321 e. The molecule has 0 spiro atoms. The number of hydrogen-bond donors (Lipinski definition) is 1. The Hall–Kier alpha value is 0.430. The van der Waals surface area contributed by atoms with E-state index in [1.807, 2.05) is 0 Å². The Bertz CT molecular complexity index is 100. The van der Waals surface area contributed by atoms with Crippen LogP contribution < -0.4 is 0 Å². The van der Waals surface area contributed by atoms with Crippen LogP contribution in [0.1, 0.15) is 6.92 Å². The minimum Gasteiger partial charge on any atom is -0.480 e. The van der Waals surface area contributed by atoms with Crippen LogP contribution in [-0.2, 0) is 4.79 Å². The first kappa shape index (κ1) is 8.43. The molecule has 0 aliphatic carbocycles. The molecule has 2 nitrogen and oxygen atoms in total. The van der Waals surface area contributed by atoms with Gasteiger partial charge in [-0.2, -0.15) is 0 Å². The highest BCUT2D eigenvalue weighted by atomic mass is 79.9. The fourth-order valence-electron chi connectivity index (χ4n) is 0.0572. The molecule has 0 aliphatic heterocycles. The summed E-state index contributed by atoms with van der Waals surface area (Å²) in [6.07, 6.45) is 0. The highest BCUT2D eigenvalue weighted by Crippen LogP contribution is 2.19. The summed E-state index contributed by atoms with van der Waals surface area (Å²) in [6.45, 7) is 1.59. The van der Waals surface area contributed by atoms with Crippen LogP contribution >= 0.6 is 31.9 Å². The second-order valence-electron chi connectivity index (χ2n) is 1.64. The fourth-order valence-corrected chi connectivity index (χ4v) is 0.297. The van der Waals surface area contributed by atoms with Crippen molar-refractivity contribution >= 4 is 37.8 Å². The van der Waals surface area contributed by atoms with Crippen molar-refractivity contribution in [2.75, 3.05) is 5.33 Å². The Kier molecular flexibility index (Phi) is 2.98. The molecule has 4 heteroatoms. The standard InChI is InChI=1S/C4H6Br2O2/c1-4(6,2-5)3(7)8/h2H2,1H3,(H,7,8)/t4-/m1/s1. The lowest BCUT2D eigenvalue weighted by Crippen LogP contribution is -2.29. The third kappa shape index (κ3) is 2.13. The highest BCUT2D eigenvalue weighted by Gasteiger charge is 2.27. The number of carboxylic acid groups (broad SMARTS) is 1. The van der Waals surface area contributed by atoms with Gasteiger partial charge in [0.25, 0.3) is 0 Å². The van der Waals surface area contributed by atoms with Crippen LogP contribution in [0.15, 0.2) is 0 Å². The van der Waals surface area contributed by atoms with Crippen LogP contribution in [-0.4, -0.2) is 20.7 Å². The minimum atomic E-state index is -0.852. The second kappa shape index (κ2) is 2.82. The van der Waals surface area contributed by atoms with Gasteiger partial charge in [0.15, 0.2) is 0 Å². The normalized spacial score (nSPS) is 17.4. The quantitative estimate of drug-likeness (QED) is 0.751. The summed E-state index contributed by atoms with van der Waals surface area (Å²) in [7, 11) is 0. The van der Waals surface area contributed by atoms with Crippen molar-refractivity contribution in [2.45, 2.75) is 11.2 Å². The van der Waals surface area contributed by atoms with Gasteiger partial charge in [0, 0.05) is 5.33 Å². The topological polar surface area (TPSA) is 37.3 Å². The summed E-state index contributed by atoms with van der Waals surface area (Å²) in [5.74, 6) is -0.852. The average Bonchev–Trinajstić information content (AvgIpc) is 1.67. The number of hydrogen-bond acceptors (Lipinski definition) is 1. The molecular weight excluding hydrogens is 240 g/mol. The molecule has 1 atom stereocenters. The summed E-state index contributed by atoms with van der Waals surface area (Å²) in [4.78, 5) is 10.2. The number of alkyl halides is 2. The maximum Gasteiger partial charge on any atom is 0.321 e. The molecular formula is C4H6Br2O2. The van der Waals surface area contributed by atoms with E-state index in [1.54, 1.807) is 6.92 Å². The Morgan fingerprint density at radius 3 is 2.25 bits per heavy atom. The molecule has 0 heterocycles. The summed E-state index contributed by atoms with van der Waals surface area (Å²) in [5.41, 5.74) is 0. The second-order valence-corrected chi connectivity index (χ2v) is 3.95. The Morgan fingerprint density at radius 1 is 1.88 bits per heavy atom. The molecule has 0 bridgehead atoms. The van der Waals surface area contributed by atoms with Crippen molar-refractivity contribution in [1.82, 2.24) is 0 Å². The molecule has 0 aromatic carbocycles. The minimum absolute atomic E-state index is 0.412. The number of carbonyl (C=O) groups is 1. The molecule has 0 rings (SSSR count). The zero-order valence-electron chi connectivity index (χ0n) is 4.32. The lowest BCUT2D eigenvalue weighted by molar-refractivity contribution is -0.138. The van der Waals surface area contributed by atoms with Crippen LogP contribution in [0, 0.1) is 0 Å². The molecule has 0 aromatic rings. The Morgan fingerprint density at radius 2 is 2.25 bits per heavy atom. The molecule has 0 radical (unpaired) electrons. The van der Waals surface area contributed by atoms with Crippen molar-refractivity contribution in [3.8, 4) is 0 Å². The van der Waals surface area contributed by atoms with Crippen LogP contribution in [0.25, 0.3) is 0 Å². The third-order valence-electron chi connectivity index (χ3n) is 0.697. The number of carboxylic acids is 1. The zero-order valence-corrected chi connectivity index (χ0v) is 7.49. The first-order valence-electron chi connectivity index (χ1n) is 1.99. The molecule has 1 N–H and O–H groups in total. The van der Waals surface area contributed by atoms with Gasteiger partial charge in [0.2, 0.25) is 0 Å².